The largest absolute Gasteiger partial charge is 0.338 e. The molecule has 0 aromatic heterocycles. The summed E-state index contributed by atoms with van der Waals surface area (Å²) >= 11 is 0. The van der Waals surface area contributed by atoms with Gasteiger partial charge in [-0.15, -0.1) is 0 Å². The molecule has 2 nitrogen and oxygen atoms in total. The van der Waals surface area contributed by atoms with Gasteiger partial charge in [-0.05, 0) is 35.0 Å². The zero-order valence-electron chi connectivity index (χ0n) is 16.6. The lowest BCUT2D eigenvalue weighted by Gasteiger charge is -2.45. The Labute approximate surface area is 139 Å². The molecule has 0 aromatic carbocycles. The van der Waals surface area contributed by atoms with Crippen molar-refractivity contribution in [3.8, 4) is 0 Å². The molecule has 130 valence electrons. The van der Waals surface area contributed by atoms with E-state index in [-0.39, 0.29) is 11.3 Å². The van der Waals surface area contributed by atoms with Gasteiger partial charge in [0.1, 0.15) is 0 Å². The molecule has 2 heteroatoms. The minimum atomic E-state index is 0.0872. The summed E-state index contributed by atoms with van der Waals surface area (Å²) in [5.74, 6) is 3.29. The van der Waals surface area contributed by atoms with Gasteiger partial charge in [-0.25, -0.2) is 0 Å². The number of hydrogen-bond acceptors (Lipinski definition) is 1. The number of amides is 1. The molecule has 0 N–H and O–H groups in total. The van der Waals surface area contributed by atoms with Crippen molar-refractivity contribution < 1.29 is 4.79 Å². The second-order valence-corrected chi connectivity index (χ2v) is 9.05. The molecule has 1 aliphatic heterocycles. The number of carbonyl (C=O) groups excluding carboxylic acids is 1. The van der Waals surface area contributed by atoms with Crippen molar-refractivity contribution in [2.75, 3.05) is 6.54 Å². The fourth-order valence-corrected chi connectivity index (χ4v) is 5.17. The van der Waals surface area contributed by atoms with Gasteiger partial charge in [0, 0.05) is 18.5 Å². The maximum Gasteiger partial charge on any atom is 0.225 e. The van der Waals surface area contributed by atoms with E-state index in [9.17, 15) is 4.79 Å². The summed E-state index contributed by atoms with van der Waals surface area (Å²) in [6, 6.07) is 0.375. The van der Waals surface area contributed by atoms with Gasteiger partial charge in [0.2, 0.25) is 5.91 Å². The van der Waals surface area contributed by atoms with Crippen molar-refractivity contribution >= 4 is 5.91 Å². The molecule has 1 heterocycles. The second-order valence-electron chi connectivity index (χ2n) is 9.05. The van der Waals surface area contributed by atoms with Crippen LogP contribution in [0.25, 0.3) is 0 Å². The van der Waals surface area contributed by atoms with Gasteiger partial charge in [0.15, 0.2) is 0 Å². The maximum atomic E-state index is 12.9. The lowest BCUT2D eigenvalue weighted by atomic mass is 9.58. The third kappa shape index (κ3) is 3.08. The minimum absolute atomic E-state index is 0.0872. The van der Waals surface area contributed by atoms with Crippen molar-refractivity contribution in [1.82, 2.24) is 4.90 Å². The van der Waals surface area contributed by atoms with Crippen molar-refractivity contribution in [2.24, 2.45) is 40.9 Å². The highest BCUT2D eigenvalue weighted by Crippen LogP contribution is 2.55. The second kappa shape index (κ2) is 6.93. The van der Waals surface area contributed by atoms with Crippen molar-refractivity contribution in [3.05, 3.63) is 0 Å². The normalized spacial score (nSPS) is 25.3. The van der Waals surface area contributed by atoms with Gasteiger partial charge in [-0.3, -0.25) is 4.79 Å². The fraction of sp³-hybridized carbons (Fsp3) is 0.950. The van der Waals surface area contributed by atoms with E-state index in [0.717, 1.165) is 6.54 Å². The van der Waals surface area contributed by atoms with Crippen LogP contribution >= 0.6 is 0 Å². The number of rotatable bonds is 5. The average molecular weight is 310 g/mol. The summed E-state index contributed by atoms with van der Waals surface area (Å²) in [5.41, 5.74) is 0.230. The van der Waals surface area contributed by atoms with Crippen LogP contribution in [0.15, 0.2) is 0 Å². The van der Waals surface area contributed by atoms with Crippen molar-refractivity contribution in [1.29, 1.82) is 0 Å². The first-order chi connectivity index (χ1) is 9.98. The Morgan fingerprint density at radius 2 is 1.32 bits per heavy atom. The van der Waals surface area contributed by atoms with Crippen LogP contribution in [0, 0.1) is 40.9 Å². The van der Waals surface area contributed by atoms with E-state index in [2.05, 4.69) is 60.3 Å². The Kier molecular flexibility index (Phi) is 6.14. The molecular weight excluding hydrogens is 270 g/mol. The molecule has 0 saturated carbocycles. The highest BCUT2D eigenvalue weighted by atomic mass is 16.2. The molecule has 0 radical (unpaired) electrons. The Hall–Kier alpha value is -0.530. The molecule has 0 bridgehead atoms. The lowest BCUT2D eigenvalue weighted by Crippen LogP contribution is -2.45. The third-order valence-corrected chi connectivity index (χ3v) is 6.12. The Morgan fingerprint density at radius 3 is 1.59 bits per heavy atom. The van der Waals surface area contributed by atoms with Crippen LogP contribution in [0.5, 0.6) is 0 Å². The summed E-state index contributed by atoms with van der Waals surface area (Å²) in [6.07, 6.45) is 0. The first-order valence-electron chi connectivity index (χ1n) is 9.28. The molecule has 1 saturated heterocycles. The summed E-state index contributed by atoms with van der Waals surface area (Å²) in [6.45, 7) is 23.7. The first kappa shape index (κ1) is 19.5. The standard InChI is InChI=1S/C20H39NO/c1-12(2)17-18(13(3)4)21(19(22)14(5)6)11-20(17,15(7)8)16(9)10/h12-18H,11H2,1-10H3/t17-,18-/m0/s1. The van der Waals surface area contributed by atoms with Crippen LogP contribution in [0.1, 0.15) is 69.2 Å². The van der Waals surface area contributed by atoms with Gasteiger partial charge in [-0.1, -0.05) is 69.2 Å². The Balaban J connectivity index is 3.44. The lowest BCUT2D eigenvalue weighted by molar-refractivity contribution is -0.136. The van der Waals surface area contributed by atoms with E-state index in [4.69, 9.17) is 0 Å². The van der Waals surface area contributed by atoms with Crippen molar-refractivity contribution in [2.45, 2.75) is 75.3 Å². The number of hydrogen-bond donors (Lipinski definition) is 0. The zero-order valence-corrected chi connectivity index (χ0v) is 16.6. The fourth-order valence-electron chi connectivity index (χ4n) is 5.17. The van der Waals surface area contributed by atoms with Crippen LogP contribution in [0.2, 0.25) is 0 Å². The molecule has 2 atom stereocenters. The molecule has 0 unspecified atom stereocenters. The molecule has 0 spiro atoms. The first-order valence-corrected chi connectivity index (χ1v) is 9.28. The van der Waals surface area contributed by atoms with E-state index in [1.54, 1.807) is 0 Å². The smallest absolute Gasteiger partial charge is 0.225 e. The third-order valence-electron chi connectivity index (χ3n) is 6.12. The summed E-state index contributed by atoms with van der Waals surface area (Å²) in [7, 11) is 0. The number of nitrogens with zero attached hydrogens (tertiary/aromatic N) is 1. The Bertz CT molecular complexity index is 373. The predicted octanol–water partition coefficient (Wildman–Crippen LogP) is 5.08. The van der Waals surface area contributed by atoms with E-state index < -0.39 is 0 Å². The number of carbonyl (C=O) groups is 1. The van der Waals surface area contributed by atoms with Gasteiger partial charge >= 0.3 is 0 Å². The van der Waals surface area contributed by atoms with Gasteiger partial charge in [-0.2, -0.15) is 0 Å². The van der Waals surface area contributed by atoms with E-state index in [1.165, 1.54) is 0 Å². The minimum Gasteiger partial charge on any atom is -0.338 e. The molecule has 1 amide bonds. The SMILES string of the molecule is CC(C)C(=O)N1CC(C(C)C)(C(C)C)[C@@H](C(C)C)[C@@H]1C(C)C. The van der Waals surface area contributed by atoms with Crippen LogP contribution in [-0.2, 0) is 4.79 Å². The van der Waals surface area contributed by atoms with Crippen molar-refractivity contribution in [3.63, 3.8) is 0 Å². The molecule has 1 aliphatic rings. The number of likely N-dealkylation sites (tertiary alicyclic amines) is 1. The van der Waals surface area contributed by atoms with E-state index in [0.29, 0.717) is 41.5 Å². The van der Waals surface area contributed by atoms with Crippen LogP contribution in [0.4, 0.5) is 0 Å². The summed E-state index contributed by atoms with van der Waals surface area (Å²) in [5, 5.41) is 0. The van der Waals surface area contributed by atoms with Gasteiger partial charge < -0.3 is 4.90 Å². The monoisotopic (exact) mass is 309 g/mol. The molecule has 0 aromatic rings. The maximum absolute atomic E-state index is 12.9. The average Bonchev–Trinajstić information content (AvgIpc) is 2.74. The summed E-state index contributed by atoms with van der Waals surface area (Å²) in [4.78, 5) is 15.1. The highest BCUT2D eigenvalue weighted by molar-refractivity contribution is 5.79. The molecule has 1 fully saturated rings. The Morgan fingerprint density at radius 1 is 0.864 bits per heavy atom. The van der Waals surface area contributed by atoms with Gasteiger partial charge in [0.05, 0.1) is 0 Å². The predicted molar refractivity (Wildman–Crippen MR) is 95.6 cm³/mol. The van der Waals surface area contributed by atoms with Crippen LogP contribution < -0.4 is 0 Å². The molecule has 22 heavy (non-hydrogen) atoms. The quantitative estimate of drug-likeness (QED) is 0.693. The van der Waals surface area contributed by atoms with E-state index >= 15 is 0 Å². The zero-order chi connectivity index (χ0) is 17.4. The molecule has 0 aliphatic carbocycles. The van der Waals surface area contributed by atoms with Crippen LogP contribution in [0.3, 0.4) is 0 Å². The van der Waals surface area contributed by atoms with Gasteiger partial charge in [0.25, 0.3) is 0 Å². The highest BCUT2D eigenvalue weighted by Gasteiger charge is 2.58. The molecular formula is C20H39NO. The van der Waals surface area contributed by atoms with E-state index in [1.807, 2.05) is 13.8 Å². The topological polar surface area (TPSA) is 20.3 Å². The van der Waals surface area contributed by atoms with Crippen LogP contribution in [-0.4, -0.2) is 23.4 Å². The molecule has 1 rings (SSSR count). The summed E-state index contributed by atoms with van der Waals surface area (Å²) < 4.78 is 0.